The first kappa shape index (κ1) is 22.9. The van der Waals surface area contributed by atoms with Crippen molar-refractivity contribution in [1.82, 2.24) is 9.80 Å². The van der Waals surface area contributed by atoms with Crippen LogP contribution in [0.25, 0.3) is 0 Å². The smallest absolute Gasteiger partial charge is 0.227 e. The van der Waals surface area contributed by atoms with Crippen molar-refractivity contribution < 1.29 is 9.21 Å². The molecule has 4 rings (SSSR count). The summed E-state index contributed by atoms with van der Waals surface area (Å²) in [6, 6.07) is 19.6. The topological polar surface area (TPSA) is 36.7 Å². The molecular weight excluding hydrogens is 443 g/mol. The van der Waals surface area contributed by atoms with Gasteiger partial charge in [-0.1, -0.05) is 47.5 Å². The molecule has 1 aliphatic heterocycles. The maximum absolute atomic E-state index is 13.3. The summed E-state index contributed by atoms with van der Waals surface area (Å²) in [5, 5.41) is 1.45. The highest BCUT2D eigenvalue weighted by Crippen LogP contribution is 2.22. The third-order valence-electron chi connectivity index (χ3n) is 6.12. The molecule has 1 saturated heterocycles. The van der Waals surface area contributed by atoms with Gasteiger partial charge in [-0.2, -0.15) is 0 Å². The summed E-state index contributed by atoms with van der Waals surface area (Å²) in [4.78, 5) is 17.8. The van der Waals surface area contributed by atoms with Crippen LogP contribution in [-0.4, -0.2) is 41.4 Å². The Balaban J connectivity index is 1.35. The van der Waals surface area contributed by atoms with E-state index in [1.807, 2.05) is 53.4 Å². The highest BCUT2D eigenvalue weighted by Gasteiger charge is 2.28. The molecule has 1 aromatic heterocycles. The third kappa shape index (κ3) is 6.38. The lowest BCUT2D eigenvalue weighted by molar-refractivity contribution is -0.134. The Morgan fingerprint density at radius 2 is 1.56 bits per heavy atom. The van der Waals surface area contributed by atoms with Crippen LogP contribution in [0.4, 0.5) is 0 Å². The monoisotopic (exact) mass is 470 g/mol. The molecule has 2 heterocycles. The van der Waals surface area contributed by atoms with Crippen LogP contribution >= 0.6 is 23.2 Å². The Morgan fingerprint density at radius 3 is 2.16 bits per heavy atom. The van der Waals surface area contributed by atoms with E-state index in [4.69, 9.17) is 27.6 Å². The van der Waals surface area contributed by atoms with Gasteiger partial charge in [0, 0.05) is 35.7 Å². The van der Waals surface area contributed by atoms with E-state index in [1.54, 1.807) is 6.26 Å². The SMILES string of the molecule is O=C(Cc1ccc(Cl)cc1)N(Cc1ccco1)C1CCN(CCc2ccc(Cl)cc2)CC1. The van der Waals surface area contributed by atoms with Crippen LogP contribution < -0.4 is 0 Å². The molecule has 3 aromatic rings. The van der Waals surface area contributed by atoms with E-state index in [0.29, 0.717) is 18.0 Å². The molecule has 1 fully saturated rings. The van der Waals surface area contributed by atoms with Crippen molar-refractivity contribution in [2.75, 3.05) is 19.6 Å². The highest BCUT2D eigenvalue weighted by atomic mass is 35.5. The molecule has 0 saturated carbocycles. The maximum Gasteiger partial charge on any atom is 0.227 e. The average Bonchev–Trinajstić information content (AvgIpc) is 3.32. The predicted molar refractivity (Wildman–Crippen MR) is 129 cm³/mol. The molecule has 0 radical (unpaired) electrons. The quantitative estimate of drug-likeness (QED) is 0.413. The fourth-order valence-corrected chi connectivity index (χ4v) is 4.51. The number of amides is 1. The van der Waals surface area contributed by atoms with Gasteiger partial charge in [-0.3, -0.25) is 4.79 Å². The van der Waals surface area contributed by atoms with Gasteiger partial charge in [-0.25, -0.2) is 0 Å². The summed E-state index contributed by atoms with van der Waals surface area (Å²) in [5.41, 5.74) is 2.28. The number of benzene rings is 2. The number of nitrogens with zero attached hydrogens (tertiary/aromatic N) is 2. The number of hydrogen-bond donors (Lipinski definition) is 0. The Labute approximate surface area is 199 Å². The van der Waals surface area contributed by atoms with E-state index >= 15 is 0 Å². The predicted octanol–water partition coefficient (Wildman–Crippen LogP) is 5.86. The first-order valence-electron chi connectivity index (χ1n) is 11.1. The van der Waals surface area contributed by atoms with Crippen LogP contribution in [0, 0.1) is 0 Å². The van der Waals surface area contributed by atoms with E-state index in [2.05, 4.69) is 17.0 Å². The number of furan rings is 1. The molecular formula is C26H28Cl2N2O2. The van der Waals surface area contributed by atoms with E-state index < -0.39 is 0 Å². The zero-order valence-electron chi connectivity index (χ0n) is 18.1. The van der Waals surface area contributed by atoms with Gasteiger partial charge in [-0.05, 0) is 66.8 Å². The standard InChI is InChI=1S/C26H28Cl2N2O2/c27-22-7-3-20(4-8-22)11-14-29-15-12-24(13-16-29)30(19-25-2-1-17-32-25)26(31)18-21-5-9-23(28)10-6-21/h1-10,17,24H,11-16,18-19H2. The van der Waals surface area contributed by atoms with Gasteiger partial charge in [0.05, 0.1) is 19.2 Å². The zero-order chi connectivity index (χ0) is 22.3. The second-order valence-electron chi connectivity index (χ2n) is 8.35. The van der Waals surface area contributed by atoms with Crippen LogP contribution in [0.15, 0.2) is 71.3 Å². The van der Waals surface area contributed by atoms with Gasteiger partial charge in [0.25, 0.3) is 0 Å². The molecule has 0 unspecified atom stereocenters. The zero-order valence-corrected chi connectivity index (χ0v) is 19.6. The first-order chi connectivity index (χ1) is 15.6. The van der Waals surface area contributed by atoms with E-state index in [1.165, 1.54) is 5.56 Å². The second kappa shape index (κ2) is 11.0. The van der Waals surface area contributed by atoms with Gasteiger partial charge >= 0.3 is 0 Å². The Bertz CT molecular complexity index is 980. The minimum Gasteiger partial charge on any atom is -0.467 e. The molecule has 0 spiro atoms. The van der Waals surface area contributed by atoms with Crippen molar-refractivity contribution in [3.8, 4) is 0 Å². The molecule has 2 aromatic carbocycles. The molecule has 1 amide bonds. The third-order valence-corrected chi connectivity index (χ3v) is 6.63. The first-order valence-corrected chi connectivity index (χ1v) is 11.9. The van der Waals surface area contributed by atoms with E-state index in [9.17, 15) is 4.79 Å². The fourth-order valence-electron chi connectivity index (χ4n) is 4.26. The van der Waals surface area contributed by atoms with Crippen LogP contribution in [0.5, 0.6) is 0 Å². The Hall–Kier alpha value is -2.27. The Kier molecular flexibility index (Phi) is 7.90. The van der Waals surface area contributed by atoms with Gasteiger partial charge in [0.1, 0.15) is 5.76 Å². The van der Waals surface area contributed by atoms with Gasteiger partial charge < -0.3 is 14.2 Å². The maximum atomic E-state index is 13.3. The molecule has 0 bridgehead atoms. The van der Waals surface area contributed by atoms with Gasteiger partial charge in [0.15, 0.2) is 0 Å². The van der Waals surface area contributed by atoms with Crippen LogP contribution in [-0.2, 0) is 24.2 Å². The molecule has 4 nitrogen and oxygen atoms in total. The number of likely N-dealkylation sites (tertiary alicyclic amines) is 1. The van der Waals surface area contributed by atoms with Gasteiger partial charge in [0.2, 0.25) is 5.91 Å². The van der Waals surface area contributed by atoms with Crippen molar-refractivity contribution >= 4 is 29.1 Å². The summed E-state index contributed by atoms with van der Waals surface area (Å²) in [6.07, 6.45) is 4.97. The number of halogens is 2. The summed E-state index contributed by atoms with van der Waals surface area (Å²) in [6.45, 7) is 3.50. The number of rotatable bonds is 8. The highest BCUT2D eigenvalue weighted by molar-refractivity contribution is 6.30. The normalized spacial score (nSPS) is 15.1. The number of carbonyl (C=O) groups is 1. The molecule has 6 heteroatoms. The summed E-state index contributed by atoms with van der Waals surface area (Å²) < 4.78 is 5.56. The van der Waals surface area contributed by atoms with E-state index in [-0.39, 0.29) is 11.9 Å². The molecule has 168 valence electrons. The minimum absolute atomic E-state index is 0.128. The lowest BCUT2D eigenvalue weighted by Gasteiger charge is -2.38. The molecule has 0 atom stereocenters. The molecule has 0 aliphatic carbocycles. The van der Waals surface area contributed by atoms with Crippen molar-refractivity contribution in [2.24, 2.45) is 0 Å². The van der Waals surface area contributed by atoms with Crippen LogP contribution in [0.3, 0.4) is 0 Å². The number of hydrogen-bond acceptors (Lipinski definition) is 3. The summed E-state index contributed by atoms with van der Waals surface area (Å²) in [7, 11) is 0. The lowest BCUT2D eigenvalue weighted by atomic mass is 10.0. The largest absolute Gasteiger partial charge is 0.467 e. The molecule has 0 N–H and O–H groups in total. The second-order valence-corrected chi connectivity index (χ2v) is 9.23. The summed E-state index contributed by atoms with van der Waals surface area (Å²) in [5.74, 6) is 0.947. The van der Waals surface area contributed by atoms with Crippen molar-refractivity contribution in [2.45, 2.75) is 38.3 Å². The van der Waals surface area contributed by atoms with Crippen LogP contribution in [0.2, 0.25) is 10.0 Å². The van der Waals surface area contributed by atoms with Crippen molar-refractivity contribution in [3.05, 3.63) is 93.9 Å². The van der Waals surface area contributed by atoms with Crippen LogP contribution in [0.1, 0.15) is 29.7 Å². The average molecular weight is 471 g/mol. The molecule has 32 heavy (non-hydrogen) atoms. The van der Waals surface area contributed by atoms with Crippen molar-refractivity contribution in [3.63, 3.8) is 0 Å². The number of carbonyl (C=O) groups excluding carboxylic acids is 1. The molecule has 1 aliphatic rings. The van der Waals surface area contributed by atoms with E-state index in [0.717, 1.165) is 55.2 Å². The number of piperidine rings is 1. The fraction of sp³-hybridized carbons (Fsp3) is 0.346. The Morgan fingerprint density at radius 1 is 0.938 bits per heavy atom. The lowest BCUT2D eigenvalue weighted by Crippen LogP contribution is -2.47. The van der Waals surface area contributed by atoms with Crippen molar-refractivity contribution in [1.29, 1.82) is 0 Å². The van der Waals surface area contributed by atoms with Gasteiger partial charge in [-0.15, -0.1) is 0 Å². The summed E-state index contributed by atoms with van der Waals surface area (Å²) >= 11 is 12.0. The minimum atomic E-state index is 0.128.